The molecule has 0 amide bonds. The van der Waals surface area contributed by atoms with Crippen molar-refractivity contribution in [2.75, 3.05) is 25.7 Å². The van der Waals surface area contributed by atoms with Crippen LogP contribution >= 0.6 is 0 Å². The number of hydrogen-bond acceptors (Lipinski definition) is 4. The minimum atomic E-state index is 0.546. The molecule has 4 nitrogen and oxygen atoms in total. The van der Waals surface area contributed by atoms with Gasteiger partial charge < -0.3 is 20.9 Å². The largest absolute Gasteiger partial charge is 0.495 e. The van der Waals surface area contributed by atoms with Crippen molar-refractivity contribution >= 4 is 11.4 Å². The monoisotopic (exact) mass is 292 g/mol. The van der Waals surface area contributed by atoms with Crippen LogP contribution in [0.5, 0.6) is 11.5 Å². The molecule has 22 heavy (non-hydrogen) atoms. The van der Waals surface area contributed by atoms with E-state index in [4.69, 9.17) is 20.9 Å². The molecule has 2 aromatic carbocycles. The lowest BCUT2D eigenvalue weighted by Crippen LogP contribution is -1.92. The van der Waals surface area contributed by atoms with Crippen molar-refractivity contribution in [1.29, 1.82) is 0 Å². The van der Waals surface area contributed by atoms with Gasteiger partial charge in [0.05, 0.1) is 25.6 Å². The fourth-order valence-electron chi connectivity index (χ4n) is 1.83. The van der Waals surface area contributed by atoms with Crippen LogP contribution in [0.3, 0.4) is 0 Å². The van der Waals surface area contributed by atoms with E-state index in [1.165, 1.54) is 0 Å². The molecule has 0 bridgehead atoms. The Kier molecular flexibility index (Phi) is 4.80. The number of nitrogen functional groups attached to an aromatic ring is 2. The summed E-state index contributed by atoms with van der Waals surface area (Å²) in [6, 6.07) is 10.7. The predicted octanol–water partition coefficient (Wildman–Crippen LogP) is 2.27. The quantitative estimate of drug-likeness (QED) is 0.658. The van der Waals surface area contributed by atoms with Crippen molar-refractivity contribution in [2.45, 2.75) is 0 Å². The Morgan fingerprint density at radius 1 is 0.727 bits per heavy atom. The summed E-state index contributed by atoms with van der Waals surface area (Å²) in [4.78, 5) is 0. The summed E-state index contributed by atoms with van der Waals surface area (Å²) in [5, 5.41) is 0. The van der Waals surface area contributed by atoms with Gasteiger partial charge in [-0.15, -0.1) is 0 Å². The highest BCUT2D eigenvalue weighted by Gasteiger charge is 1.98. The first-order valence-corrected chi connectivity index (χ1v) is 6.53. The summed E-state index contributed by atoms with van der Waals surface area (Å²) in [7, 11) is 3.14. The Morgan fingerprint density at radius 3 is 1.45 bits per heavy atom. The van der Waals surface area contributed by atoms with E-state index in [1.807, 2.05) is 12.1 Å². The maximum Gasteiger partial charge on any atom is 0.141 e. The second-order valence-corrected chi connectivity index (χ2v) is 4.41. The van der Waals surface area contributed by atoms with Crippen molar-refractivity contribution in [3.63, 3.8) is 0 Å². The molecule has 0 aliphatic carbocycles. The maximum atomic E-state index is 5.82. The van der Waals surface area contributed by atoms with Crippen molar-refractivity contribution in [3.05, 3.63) is 47.5 Å². The van der Waals surface area contributed by atoms with Crippen LogP contribution in [0.2, 0.25) is 0 Å². The zero-order valence-electron chi connectivity index (χ0n) is 12.4. The van der Waals surface area contributed by atoms with Crippen LogP contribution in [-0.4, -0.2) is 14.2 Å². The predicted molar refractivity (Wildman–Crippen MR) is 88.6 cm³/mol. The van der Waals surface area contributed by atoms with Crippen LogP contribution in [0.15, 0.2) is 36.4 Å². The molecular weight excluding hydrogens is 276 g/mol. The minimum Gasteiger partial charge on any atom is -0.495 e. The van der Waals surface area contributed by atoms with Gasteiger partial charge in [-0.25, -0.2) is 0 Å². The third kappa shape index (κ3) is 3.65. The van der Waals surface area contributed by atoms with E-state index >= 15 is 0 Å². The van der Waals surface area contributed by atoms with E-state index in [2.05, 4.69) is 23.7 Å². The van der Waals surface area contributed by atoms with Gasteiger partial charge in [0.15, 0.2) is 0 Å². The van der Waals surface area contributed by atoms with E-state index in [0.717, 1.165) is 11.1 Å². The summed E-state index contributed by atoms with van der Waals surface area (Å²) in [6.45, 7) is 0. The van der Waals surface area contributed by atoms with Crippen molar-refractivity contribution in [3.8, 4) is 35.2 Å². The molecule has 0 saturated heterocycles. The molecule has 0 aliphatic heterocycles. The standard InChI is InChI=1S/C18H16N2O2/c1-21-17-9-7-13(11-15(17)19)5-3-4-6-14-8-10-18(22-2)16(20)12-14/h7-12H,19-20H2,1-2H3. The van der Waals surface area contributed by atoms with Crippen LogP contribution in [0.25, 0.3) is 0 Å². The Bertz CT molecular complexity index is 736. The zero-order chi connectivity index (χ0) is 15.9. The topological polar surface area (TPSA) is 70.5 Å². The van der Waals surface area contributed by atoms with E-state index in [0.29, 0.717) is 22.9 Å². The number of nitrogens with two attached hydrogens (primary N) is 2. The molecule has 2 aromatic rings. The second kappa shape index (κ2) is 6.97. The van der Waals surface area contributed by atoms with Gasteiger partial charge in [0.2, 0.25) is 0 Å². The van der Waals surface area contributed by atoms with Crippen LogP contribution < -0.4 is 20.9 Å². The van der Waals surface area contributed by atoms with Crippen molar-refractivity contribution < 1.29 is 9.47 Å². The molecule has 0 atom stereocenters. The second-order valence-electron chi connectivity index (χ2n) is 4.41. The third-order valence-corrected chi connectivity index (χ3v) is 2.94. The lowest BCUT2D eigenvalue weighted by Gasteiger charge is -2.03. The molecule has 0 saturated carbocycles. The summed E-state index contributed by atoms with van der Waals surface area (Å²) in [5.74, 6) is 12.7. The van der Waals surface area contributed by atoms with E-state index in [1.54, 1.807) is 38.5 Å². The van der Waals surface area contributed by atoms with Crippen LogP contribution in [0, 0.1) is 23.7 Å². The molecule has 0 aliphatic rings. The molecule has 0 aromatic heterocycles. The van der Waals surface area contributed by atoms with Gasteiger partial charge in [-0.1, -0.05) is 11.8 Å². The summed E-state index contributed by atoms with van der Waals surface area (Å²) >= 11 is 0. The Labute approximate surface area is 130 Å². The first kappa shape index (κ1) is 15.2. The highest BCUT2D eigenvalue weighted by Crippen LogP contribution is 2.22. The molecule has 0 fully saturated rings. The number of methoxy groups -OCH3 is 2. The summed E-state index contributed by atoms with van der Waals surface area (Å²) in [6.07, 6.45) is 0. The Hall–Kier alpha value is -3.24. The number of rotatable bonds is 2. The van der Waals surface area contributed by atoms with Gasteiger partial charge in [-0.3, -0.25) is 0 Å². The normalized spacial score (nSPS) is 9.00. The smallest absolute Gasteiger partial charge is 0.141 e. The first-order valence-electron chi connectivity index (χ1n) is 6.53. The highest BCUT2D eigenvalue weighted by molar-refractivity contribution is 5.59. The van der Waals surface area contributed by atoms with E-state index < -0.39 is 0 Å². The van der Waals surface area contributed by atoms with Crippen molar-refractivity contribution in [1.82, 2.24) is 0 Å². The van der Waals surface area contributed by atoms with Gasteiger partial charge in [0.1, 0.15) is 11.5 Å². The van der Waals surface area contributed by atoms with Crippen LogP contribution in [0.4, 0.5) is 11.4 Å². The van der Waals surface area contributed by atoms with Gasteiger partial charge in [-0.05, 0) is 48.2 Å². The zero-order valence-corrected chi connectivity index (χ0v) is 12.4. The van der Waals surface area contributed by atoms with Crippen LogP contribution in [-0.2, 0) is 0 Å². The van der Waals surface area contributed by atoms with Crippen molar-refractivity contribution in [2.24, 2.45) is 0 Å². The average Bonchev–Trinajstić information content (AvgIpc) is 2.52. The fourth-order valence-corrected chi connectivity index (χ4v) is 1.83. The number of anilines is 2. The number of benzene rings is 2. The SMILES string of the molecule is COc1ccc(C#CC#Cc2ccc(OC)c(N)c2)cc1N. The number of hydrogen-bond donors (Lipinski definition) is 2. The lowest BCUT2D eigenvalue weighted by atomic mass is 10.2. The molecular formula is C18H16N2O2. The molecule has 0 heterocycles. The molecule has 4 N–H and O–H groups in total. The van der Waals surface area contributed by atoms with Gasteiger partial charge in [0.25, 0.3) is 0 Å². The third-order valence-electron chi connectivity index (χ3n) is 2.94. The average molecular weight is 292 g/mol. The minimum absolute atomic E-state index is 0.546. The fraction of sp³-hybridized carbons (Fsp3) is 0.111. The van der Waals surface area contributed by atoms with E-state index in [-0.39, 0.29) is 0 Å². The van der Waals surface area contributed by atoms with Gasteiger partial charge >= 0.3 is 0 Å². The molecule has 2 rings (SSSR count). The molecule has 110 valence electrons. The maximum absolute atomic E-state index is 5.82. The lowest BCUT2D eigenvalue weighted by molar-refractivity contribution is 0.417. The van der Waals surface area contributed by atoms with E-state index in [9.17, 15) is 0 Å². The molecule has 4 heteroatoms. The molecule has 0 radical (unpaired) electrons. The molecule has 0 spiro atoms. The van der Waals surface area contributed by atoms with Gasteiger partial charge in [-0.2, -0.15) is 0 Å². The van der Waals surface area contributed by atoms with Gasteiger partial charge in [0, 0.05) is 11.1 Å². The number of ether oxygens (including phenoxy) is 2. The first-order chi connectivity index (χ1) is 10.6. The summed E-state index contributed by atoms with van der Waals surface area (Å²) in [5.41, 5.74) is 14.3. The molecule has 0 unspecified atom stereocenters. The Balaban J connectivity index is 2.14. The van der Waals surface area contributed by atoms with Crippen LogP contribution in [0.1, 0.15) is 11.1 Å². The Morgan fingerprint density at radius 2 is 1.14 bits per heavy atom. The highest BCUT2D eigenvalue weighted by atomic mass is 16.5. The summed E-state index contributed by atoms with van der Waals surface area (Å²) < 4.78 is 10.2.